The third kappa shape index (κ3) is 4.53. The van der Waals surface area contributed by atoms with Crippen LogP contribution in [0, 0.1) is 0 Å². The molecule has 0 saturated carbocycles. The minimum absolute atomic E-state index is 0.663. The van der Waals surface area contributed by atoms with E-state index in [0.717, 1.165) is 42.2 Å². The van der Waals surface area contributed by atoms with Crippen LogP contribution in [0.2, 0.25) is 0 Å². The highest BCUT2D eigenvalue weighted by Crippen LogP contribution is 2.22. The van der Waals surface area contributed by atoms with E-state index in [1.54, 1.807) is 11.3 Å². The molecule has 0 amide bonds. The molecule has 3 aromatic rings. The fourth-order valence-electron chi connectivity index (χ4n) is 2.68. The van der Waals surface area contributed by atoms with Crippen LogP contribution in [0.4, 0.5) is 5.82 Å². The molecule has 0 radical (unpaired) electrons. The molecule has 3 rings (SSSR count). The zero-order valence-corrected chi connectivity index (χ0v) is 15.0. The summed E-state index contributed by atoms with van der Waals surface area (Å²) >= 11 is 1.74. The summed E-state index contributed by atoms with van der Waals surface area (Å²) in [7, 11) is 0. The van der Waals surface area contributed by atoms with E-state index in [4.69, 9.17) is 9.97 Å². The number of benzene rings is 1. The highest BCUT2D eigenvalue weighted by Gasteiger charge is 2.10. The molecule has 25 heavy (non-hydrogen) atoms. The maximum Gasteiger partial charge on any atom is 0.145 e. The molecule has 128 valence electrons. The first-order chi connectivity index (χ1) is 12.3. The molecule has 0 unspecified atom stereocenters. The summed E-state index contributed by atoms with van der Waals surface area (Å²) in [5, 5.41) is 6.60. The third-order valence-electron chi connectivity index (χ3n) is 3.80. The van der Waals surface area contributed by atoms with E-state index in [2.05, 4.69) is 47.0 Å². The maximum atomic E-state index is 4.78. The van der Waals surface area contributed by atoms with E-state index in [1.165, 1.54) is 4.88 Å². The monoisotopic (exact) mass is 350 g/mol. The lowest BCUT2D eigenvalue weighted by molar-refractivity contribution is 0.319. The van der Waals surface area contributed by atoms with Crippen LogP contribution in [-0.2, 0) is 13.1 Å². The van der Waals surface area contributed by atoms with Crippen molar-refractivity contribution in [2.75, 3.05) is 18.4 Å². The Morgan fingerprint density at radius 2 is 1.84 bits per heavy atom. The van der Waals surface area contributed by atoms with Gasteiger partial charge >= 0.3 is 0 Å². The summed E-state index contributed by atoms with van der Waals surface area (Å²) in [6, 6.07) is 12.3. The third-order valence-corrected chi connectivity index (χ3v) is 4.68. The first-order valence-electron chi connectivity index (χ1n) is 8.26. The summed E-state index contributed by atoms with van der Waals surface area (Å²) in [5.74, 6) is 1.68. The largest absolute Gasteiger partial charge is 0.365 e. The predicted molar refractivity (Wildman–Crippen MR) is 107 cm³/mol. The number of hydrogen-bond donors (Lipinski definition) is 1. The van der Waals surface area contributed by atoms with Gasteiger partial charge in [-0.2, -0.15) is 0 Å². The van der Waals surface area contributed by atoms with Gasteiger partial charge in [0.25, 0.3) is 0 Å². The molecule has 0 aliphatic carbocycles. The molecule has 0 spiro atoms. The summed E-state index contributed by atoms with van der Waals surface area (Å²) in [6.07, 6.45) is 3.78. The molecule has 0 bridgehead atoms. The Bertz CT molecular complexity index is 832. The van der Waals surface area contributed by atoms with Gasteiger partial charge in [-0.15, -0.1) is 24.5 Å². The molecule has 0 fully saturated rings. The van der Waals surface area contributed by atoms with Crippen LogP contribution in [-0.4, -0.2) is 28.0 Å². The normalized spacial score (nSPS) is 10.9. The zero-order chi connectivity index (χ0) is 17.5. The summed E-state index contributed by atoms with van der Waals surface area (Å²) in [6.45, 7) is 10.6. The van der Waals surface area contributed by atoms with Crippen molar-refractivity contribution >= 4 is 28.1 Å². The number of hydrogen-bond acceptors (Lipinski definition) is 5. The van der Waals surface area contributed by atoms with Crippen LogP contribution in [0.5, 0.6) is 0 Å². The Labute approximate surface area is 152 Å². The predicted octanol–water partition coefficient (Wildman–Crippen LogP) is 4.48. The molecule has 2 aromatic heterocycles. The van der Waals surface area contributed by atoms with Gasteiger partial charge in [0.05, 0.1) is 18.6 Å². The van der Waals surface area contributed by atoms with E-state index in [9.17, 15) is 0 Å². The number of anilines is 1. The quantitative estimate of drug-likeness (QED) is 0.578. The molecule has 1 N–H and O–H groups in total. The van der Waals surface area contributed by atoms with Crippen molar-refractivity contribution in [1.29, 1.82) is 0 Å². The number of aromatic nitrogens is 2. The molecule has 2 heterocycles. The van der Waals surface area contributed by atoms with Crippen LogP contribution >= 0.6 is 11.3 Å². The average Bonchev–Trinajstić information content (AvgIpc) is 3.13. The van der Waals surface area contributed by atoms with Gasteiger partial charge in [-0.05, 0) is 23.6 Å². The van der Waals surface area contributed by atoms with Crippen LogP contribution < -0.4 is 5.32 Å². The van der Waals surface area contributed by atoms with Crippen molar-refractivity contribution in [3.8, 4) is 0 Å². The Morgan fingerprint density at radius 3 is 2.56 bits per heavy atom. The minimum Gasteiger partial charge on any atom is -0.365 e. The highest BCUT2D eigenvalue weighted by atomic mass is 32.1. The molecule has 0 saturated heterocycles. The second-order valence-corrected chi connectivity index (χ2v) is 6.74. The lowest BCUT2D eigenvalue weighted by Crippen LogP contribution is -2.24. The lowest BCUT2D eigenvalue weighted by Gasteiger charge is -2.18. The summed E-state index contributed by atoms with van der Waals surface area (Å²) in [5.41, 5.74) is 0.957. The smallest absolute Gasteiger partial charge is 0.145 e. The van der Waals surface area contributed by atoms with E-state index in [1.807, 2.05) is 30.4 Å². The van der Waals surface area contributed by atoms with E-state index in [0.29, 0.717) is 6.54 Å². The summed E-state index contributed by atoms with van der Waals surface area (Å²) in [4.78, 5) is 13.0. The fraction of sp³-hybridized carbons (Fsp3) is 0.200. The standard InChI is InChI=1S/C20H22N4S/c1-3-11-24(12-4-2)15-19-22-18-10-6-5-9-17(18)20(23-19)21-14-16-8-7-13-25-16/h3-10,13H,1-2,11-12,14-15H2,(H,21,22,23). The number of fused-ring (bicyclic) bond motifs is 1. The maximum absolute atomic E-state index is 4.78. The number of rotatable bonds is 9. The van der Waals surface area contributed by atoms with Crippen LogP contribution in [0.25, 0.3) is 10.9 Å². The molecule has 5 heteroatoms. The topological polar surface area (TPSA) is 41.1 Å². The van der Waals surface area contributed by atoms with Crippen molar-refractivity contribution in [3.63, 3.8) is 0 Å². The molecular weight excluding hydrogens is 328 g/mol. The Morgan fingerprint density at radius 1 is 1.04 bits per heavy atom. The number of thiophene rings is 1. The minimum atomic E-state index is 0.663. The zero-order valence-electron chi connectivity index (χ0n) is 14.2. The Hall–Kier alpha value is -2.50. The molecule has 0 aliphatic rings. The van der Waals surface area contributed by atoms with Crippen molar-refractivity contribution in [3.05, 3.63) is 77.8 Å². The van der Waals surface area contributed by atoms with Gasteiger partial charge in [0.15, 0.2) is 0 Å². The molecule has 4 nitrogen and oxygen atoms in total. The van der Waals surface area contributed by atoms with E-state index < -0.39 is 0 Å². The van der Waals surface area contributed by atoms with Gasteiger partial charge in [0.1, 0.15) is 11.6 Å². The van der Waals surface area contributed by atoms with Gasteiger partial charge in [0.2, 0.25) is 0 Å². The molecule has 0 aliphatic heterocycles. The molecular formula is C20H22N4S. The van der Waals surface area contributed by atoms with Crippen molar-refractivity contribution < 1.29 is 0 Å². The van der Waals surface area contributed by atoms with Crippen molar-refractivity contribution in [2.24, 2.45) is 0 Å². The van der Waals surface area contributed by atoms with Crippen molar-refractivity contribution in [2.45, 2.75) is 13.1 Å². The van der Waals surface area contributed by atoms with Crippen molar-refractivity contribution in [1.82, 2.24) is 14.9 Å². The number of para-hydroxylation sites is 1. The van der Waals surface area contributed by atoms with Gasteiger partial charge in [-0.25, -0.2) is 9.97 Å². The van der Waals surface area contributed by atoms with E-state index in [-0.39, 0.29) is 0 Å². The highest BCUT2D eigenvalue weighted by molar-refractivity contribution is 7.09. The first kappa shape index (κ1) is 17.3. The van der Waals surface area contributed by atoms with Crippen LogP contribution in [0.15, 0.2) is 67.1 Å². The van der Waals surface area contributed by atoms with Gasteiger partial charge in [-0.1, -0.05) is 30.4 Å². The second-order valence-electron chi connectivity index (χ2n) is 5.71. The summed E-state index contributed by atoms with van der Waals surface area (Å²) < 4.78 is 0. The SMILES string of the molecule is C=CCN(CC=C)Cc1nc(NCc2cccs2)c2ccccc2n1. The van der Waals surface area contributed by atoms with E-state index >= 15 is 0 Å². The number of nitrogens with zero attached hydrogens (tertiary/aromatic N) is 3. The van der Waals surface area contributed by atoms with Crippen LogP contribution in [0.3, 0.4) is 0 Å². The van der Waals surface area contributed by atoms with Crippen LogP contribution in [0.1, 0.15) is 10.7 Å². The average molecular weight is 350 g/mol. The number of nitrogens with one attached hydrogen (secondary N) is 1. The van der Waals surface area contributed by atoms with Gasteiger partial charge in [-0.3, -0.25) is 4.90 Å². The van der Waals surface area contributed by atoms with Gasteiger partial charge < -0.3 is 5.32 Å². The Balaban J connectivity index is 1.88. The molecule has 1 aromatic carbocycles. The lowest BCUT2D eigenvalue weighted by atomic mass is 10.2. The molecule has 0 atom stereocenters. The second kappa shape index (κ2) is 8.55. The van der Waals surface area contributed by atoms with Gasteiger partial charge in [0, 0.05) is 23.4 Å². The first-order valence-corrected chi connectivity index (χ1v) is 9.14. The fourth-order valence-corrected chi connectivity index (χ4v) is 3.33. The Kier molecular flexibility index (Phi) is 5.93.